The molecule has 0 aliphatic carbocycles. The fourth-order valence-corrected chi connectivity index (χ4v) is 6.36. The molecule has 0 amide bonds. The highest BCUT2D eigenvalue weighted by molar-refractivity contribution is 6.31. The first-order chi connectivity index (χ1) is 23.7. The van der Waals surface area contributed by atoms with Crippen LogP contribution < -0.4 is 0 Å². The lowest BCUT2D eigenvalue weighted by Gasteiger charge is -2.19. The molecule has 9 rings (SSSR count). The molecule has 1 nitrogen and oxygen atoms in total. The quantitative estimate of drug-likeness (QED) is 0.203. The first kappa shape index (κ1) is 16.0. The molecular weight excluding hydrogens is 496 g/mol. The van der Waals surface area contributed by atoms with Gasteiger partial charge in [0.1, 0.15) is 11.2 Å². The topological polar surface area (TPSA) is 13.1 Å². The summed E-state index contributed by atoms with van der Waals surface area (Å²) in [5.74, 6) is 0. The number of hydrogen-bond donors (Lipinski definition) is 0. The third-order valence-electron chi connectivity index (χ3n) is 8.06. The molecule has 0 N–H and O–H groups in total. The van der Waals surface area contributed by atoms with Crippen LogP contribution in [0.4, 0.5) is 0 Å². The Bertz CT molecular complexity index is 2830. The number of rotatable bonds is 2. The van der Waals surface area contributed by atoms with Gasteiger partial charge in [-0.2, -0.15) is 0 Å². The smallest absolute Gasteiger partial charge is 0.143 e. The zero-order chi connectivity index (χ0) is 33.9. The van der Waals surface area contributed by atoms with Crippen molar-refractivity contribution >= 4 is 65.0 Å². The predicted molar refractivity (Wildman–Crippen MR) is 175 cm³/mol. The summed E-state index contributed by atoms with van der Waals surface area (Å²) in [6.07, 6.45) is 0. The molecule has 190 valence electrons. The summed E-state index contributed by atoms with van der Waals surface area (Å²) in [7, 11) is 0. The van der Waals surface area contributed by atoms with Crippen LogP contribution in [0.5, 0.6) is 0 Å². The molecule has 0 spiro atoms. The van der Waals surface area contributed by atoms with Crippen LogP contribution in [-0.2, 0) is 0 Å². The minimum Gasteiger partial charge on any atom is -0.455 e. The molecule has 0 radical (unpaired) electrons. The highest BCUT2D eigenvalue weighted by atomic mass is 16.3. The highest BCUT2D eigenvalue weighted by Crippen LogP contribution is 2.49. The van der Waals surface area contributed by atoms with Gasteiger partial charge in [-0.1, -0.05) is 133 Å². The van der Waals surface area contributed by atoms with Crippen molar-refractivity contribution < 1.29 is 15.4 Å². The van der Waals surface area contributed by atoms with E-state index in [9.17, 15) is 5.48 Å². The van der Waals surface area contributed by atoms with E-state index in [4.69, 9.17) is 9.90 Å². The molecular formula is C40H24O. The molecule has 8 aromatic carbocycles. The summed E-state index contributed by atoms with van der Waals surface area (Å²) < 4.78 is 79.2. The number of furan rings is 1. The van der Waals surface area contributed by atoms with Gasteiger partial charge >= 0.3 is 0 Å². The van der Waals surface area contributed by atoms with Gasteiger partial charge in [-0.15, -0.1) is 0 Å². The van der Waals surface area contributed by atoms with Gasteiger partial charge in [-0.25, -0.2) is 0 Å². The fraction of sp³-hybridized carbons (Fsp3) is 0. The van der Waals surface area contributed by atoms with Crippen molar-refractivity contribution in [2.75, 3.05) is 0 Å². The Kier molecular flexibility index (Phi) is 3.34. The van der Waals surface area contributed by atoms with E-state index < -0.39 is 24.2 Å². The molecule has 1 heteroatoms. The van der Waals surface area contributed by atoms with Gasteiger partial charge in [0, 0.05) is 21.7 Å². The Morgan fingerprint density at radius 1 is 0.439 bits per heavy atom. The van der Waals surface area contributed by atoms with Gasteiger partial charge in [-0.05, 0) is 66.5 Å². The average molecular weight is 529 g/mol. The molecule has 0 fully saturated rings. The van der Waals surface area contributed by atoms with E-state index in [1.807, 2.05) is 72.8 Å². The molecule has 0 atom stereocenters. The predicted octanol–water partition coefficient (Wildman–Crippen LogP) is 11.5. The van der Waals surface area contributed by atoms with E-state index in [-0.39, 0.29) is 45.7 Å². The second kappa shape index (κ2) is 8.55. The molecule has 1 heterocycles. The average Bonchev–Trinajstić information content (AvgIpc) is 3.51. The van der Waals surface area contributed by atoms with Crippen LogP contribution in [0.15, 0.2) is 150 Å². The fourth-order valence-electron chi connectivity index (χ4n) is 6.36. The first-order valence-corrected chi connectivity index (χ1v) is 13.5. The van der Waals surface area contributed by atoms with Crippen molar-refractivity contribution in [1.29, 1.82) is 0 Å². The molecule has 0 aliphatic heterocycles. The van der Waals surface area contributed by atoms with Crippen molar-refractivity contribution in [2.24, 2.45) is 0 Å². The maximum Gasteiger partial charge on any atom is 0.143 e. The monoisotopic (exact) mass is 528 g/mol. The van der Waals surface area contributed by atoms with Gasteiger partial charge < -0.3 is 4.42 Å². The molecule has 0 saturated carbocycles. The van der Waals surface area contributed by atoms with Gasteiger partial charge in [0.15, 0.2) is 0 Å². The van der Waals surface area contributed by atoms with E-state index in [0.29, 0.717) is 38.8 Å². The second-order valence-electron chi connectivity index (χ2n) is 10.2. The van der Waals surface area contributed by atoms with E-state index >= 15 is 0 Å². The zero-order valence-electron chi connectivity index (χ0n) is 29.6. The van der Waals surface area contributed by atoms with Crippen LogP contribution in [0.3, 0.4) is 0 Å². The maximum absolute atomic E-state index is 9.41. The van der Waals surface area contributed by atoms with E-state index in [1.54, 1.807) is 24.3 Å². The Morgan fingerprint density at radius 3 is 1.73 bits per heavy atom. The van der Waals surface area contributed by atoms with Crippen molar-refractivity contribution in [2.45, 2.75) is 0 Å². The third-order valence-corrected chi connectivity index (χ3v) is 8.06. The standard InChI is InChI=1S/C40H24O/c1-2-13-26(14-3-1)36-30-18-8-10-20-32(30)37(33-21-11-9-19-31(33)36)39-28-16-6-5-15-27(28)24-35-38(39)34-23-22-25-12-4-7-17-29(25)40(34)41-35/h1-24H/i8D,9D,10D,11D,18D,19D,20D,21D. The van der Waals surface area contributed by atoms with Crippen LogP contribution in [0.2, 0.25) is 0 Å². The van der Waals surface area contributed by atoms with E-state index in [2.05, 4.69) is 0 Å². The molecule has 0 bridgehead atoms. The van der Waals surface area contributed by atoms with Crippen molar-refractivity contribution in [3.63, 3.8) is 0 Å². The van der Waals surface area contributed by atoms with Gasteiger partial charge in [0.05, 0.1) is 11.0 Å². The van der Waals surface area contributed by atoms with Crippen LogP contribution in [-0.4, -0.2) is 0 Å². The molecule has 9 aromatic rings. The van der Waals surface area contributed by atoms with Gasteiger partial charge in [0.25, 0.3) is 0 Å². The summed E-state index contributed by atoms with van der Waals surface area (Å²) in [6.45, 7) is 0. The molecule has 0 unspecified atom stereocenters. The first-order valence-electron chi connectivity index (χ1n) is 17.5. The number of hydrogen-bond acceptors (Lipinski definition) is 1. The summed E-state index contributed by atoms with van der Waals surface area (Å²) in [4.78, 5) is 0. The maximum atomic E-state index is 9.41. The third kappa shape index (κ3) is 3.18. The van der Waals surface area contributed by atoms with Crippen molar-refractivity contribution in [3.05, 3.63) is 145 Å². The normalized spacial score (nSPS) is 14.6. The second-order valence-corrected chi connectivity index (χ2v) is 10.2. The Hall–Kier alpha value is -5.40. The van der Waals surface area contributed by atoms with Gasteiger partial charge in [-0.3, -0.25) is 0 Å². The SMILES string of the molecule is [2H]c1c([2H])c([2H])c2c(-c3c4ccccc4cc4oc5c6ccccc6ccc5c34)c3c([2H])c([2H])c([2H])c([2H])c3c(-c3ccccc3)c2c1[2H]. The minimum absolute atomic E-state index is 0.176. The summed E-state index contributed by atoms with van der Waals surface area (Å²) in [6, 6.07) is 27.7. The lowest BCUT2D eigenvalue weighted by Crippen LogP contribution is -1.92. The lowest BCUT2D eigenvalue weighted by atomic mass is 9.83. The molecule has 1 aromatic heterocycles. The molecule has 0 aliphatic rings. The van der Waals surface area contributed by atoms with Crippen LogP contribution in [0.25, 0.3) is 87.3 Å². The highest BCUT2D eigenvalue weighted by Gasteiger charge is 2.23. The largest absolute Gasteiger partial charge is 0.455 e. The number of benzene rings is 8. The Balaban J connectivity index is 1.67. The van der Waals surface area contributed by atoms with E-state index in [0.717, 1.165) is 26.9 Å². The number of fused-ring (bicyclic) bond motifs is 8. The van der Waals surface area contributed by atoms with Gasteiger partial charge in [0.2, 0.25) is 0 Å². The Labute approximate surface area is 248 Å². The summed E-state index contributed by atoms with van der Waals surface area (Å²) in [5, 5.41) is 5.65. The molecule has 41 heavy (non-hydrogen) atoms. The Morgan fingerprint density at radius 2 is 1.02 bits per heavy atom. The van der Waals surface area contributed by atoms with Crippen LogP contribution >= 0.6 is 0 Å². The van der Waals surface area contributed by atoms with Crippen molar-refractivity contribution in [1.82, 2.24) is 0 Å². The van der Waals surface area contributed by atoms with E-state index in [1.165, 1.54) is 0 Å². The lowest BCUT2D eigenvalue weighted by molar-refractivity contribution is 0.673. The van der Waals surface area contributed by atoms with Crippen LogP contribution in [0.1, 0.15) is 11.0 Å². The molecule has 0 saturated heterocycles. The summed E-state index contributed by atoms with van der Waals surface area (Å²) >= 11 is 0. The zero-order valence-corrected chi connectivity index (χ0v) is 21.6. The van der Waals surface area contributed by atoms with Crippen molar-refractivity contribution in [3.8, 4) is 22.3 Å². The summed E-state index contributed by atoms with van der Waals surface area (Å²) in [5.41, 5.74) is 2.99. The minimum atomic E-state index is -0.433. The van der Waals surface area contributed by atoms with Crippen LogP contribution in [0, 0.1) is 0 Å².